The van der Waals surface area contributed by atoms with E-state index >= 15 is 0 Å². The van der Waals surface area contributed by atoms with E-state index in [1.807, 2.05) is 14.0 Å². The van der Waals surface area contributed by atoms with E-state index in [0.717, 1.165) is 24.1 Å². The van der Waals surface area contributed by atoms with Crippen LogP contribution < -0.4 is 10.1 Å². The monoisotopic (exact) mass is 229 g/mol. The maximum absolute atomic E-state index is 9.91. The lowest BCUT2D eigenvalue weighted by Gasteiger charge is -2.13. The predicted octanol–water partition coefficient (Wildman–Crippen LogP) is 2.12. The van der Waals surface area contributed by atoms with Crippen molar-refractivity contribution in [3.8, 4) is 11.5 Å². The average molecular weight is 230 g/mol. The van der Waals surface area contributed by atoms with Gasteiger partial charge in [0.1, 0.15) is 0 Å². The first kappa shape index (κ1) is 12.1. The second-order valence-corrected chi connectivity index (χ2v) is 3.77. The van der Waals surface area contributed by atoms with Crippen molar-refractivity contribution in [3.05, 3.63) is 22.2 Å². The molecule has 0 aliphatic heterocycles. The summed E-state index contributed by atoms with van der Waals surface area (Å²) in [7, 11) is 3.39. The lowest BCUT2D eigenvalue weighted by atomic mass is 10.0. The van der Waals surface area contributed by atoms with Crippen LogP contribution in [0.15, 0.2) is 6.07 Å². The summed E-state index contributed by atoms with van der Waals surface area (Å²) in [5, 5.41) is 13.6. The van der Waals surface area contributed by atoms with Crippen LogP contribution in [0, 0.1) is 6.92 Å². The molecule has 1 rings (SSSR count). The molecule has 3 nitrogen and oxygen atoms in total. The van der Waals surface area contributed by atoms with Gasteiger partial charge in [-0.15, -0.1) is 0 Å². The van der Waals surface area contributed by atoms with E-state index < -0.39 is 0 Å². The molecule has 0 radical (unpaired) electrons. The number of phenolic OH excluding ortho intramolecular Hbond substituents is 1. The zero-order valence-corrected chi connectivity index (χ0v) is 9.98. The zero-order chi connectivity index (χ0) is 11.4. The lowest BCUT2D eigenvalue weighted by molar-refractivity contribution is 0.370. The van der Waals surface area contributed by atoms with Crippen LogP contribution in [-0.4, -0.2) is 25.8 Å². The highest BCUT2D eigenvalue weighted by Crippen LogP contribution is 2.36. The van der Waals surface area contributed by atoms with E-state index in [-0.39, 0.29) is 5.75 Å². The highest BCUT2D eigenvalue weighted by Gasteiger charge is 2.13. The number of likely N-dealkylation sites (N-methyl/N-ethyl adjacent to an activating group) is 1. The highest BCUT2D eigenvalue weighted by atomic mass is 35.5. The van der Waals surface area contributed by atoms with E-state index in [9.17, 15) is 5.11 Å². The fourth-order valence-corrected chi connectivity index (χ4v) is 1.69. The summed E-state index contributed by atoms with van der Waals surface area (Å²) in [5.41, 5.74) is 1.75. The van der Waals surface area contributed by atoms with Crippen molar-refractivity contribution in [2.24, 2.45) is 0 Å². The van der Waals surface area contributed by atoms with Gasteiger partial charge in [-0.25, -0.2) is 0 Å². The third-order valence-electron chi connectivity index (χ3n) is 2.43. The molecule has 0 unspecified atom stereocenters. The molecular formula is C11H16ClNO2. The van der Waals surface area contributed by atoms with Gasteiger partial charge in [0.2, 0.25) is 0 Å². The first-order chi connectivity index (χ1) is 7.11. The van der Waals surface area contributed by atoms with Gasteiger partial charge in [0.05, 0.1) is 7.11 Å². The number of nitrogens with one attached hydrogen (secondary N) is 1. The van der Waals surface area contributed by atoms with Crippen molar-refractivity contribution in [3.63, 3.8) is 0 Å². The van der Waals surface area contributed by atoms with Crippen LogP contribution in [0.5, 0.6) is 11.5 Å². The van der Waals surface area contributed by atoms with Crippen molar-refractivity contribution in [2.45, 2.75) is 13.3 Å². The number of methoxy groups -OCH3 is 1. The molecule has 15 heavy (non-hydrogen) atoms. The van der Waals surface area contributed by atoms with Crippen LogP contribution in [0.25, 0.3) is 0 Å². The molecule has 0 fully saturated rings. The number of ether oxygens (including phenoxy) is 1. The van der Waals surface area contributed by atoms with Gasteiger partial charge in [0.25, 0.3) is 0 Å². The topological polar surface area (TPSA) is 41.5 Å². The van der Waals surface area contributed by atoms with Crippen LogP contribution in [0.2, 0.25) is 5.02 Å². The minimum absolute atomic E-state index is 0.189. The van der Waals surface area contributed by atoms with Gasteiger partial charge in [-0.05, 0) is 32.5 Å². The Morgan fingerprint density at radius 1 is 1.53 bits per heavy atom. The number of rotatable bonds is 4. The minimum atomic E-state index is 0.189. The summed E-state index contributed by atoms with van der Waals surface area (Å²) in [5.74, 6) is 0.617. The second-order valence-electron chi connectivity index (χ2n) is 3.37. The largest absolute Gasteiger partial charge is 0.504 e. The quantitative estimate of drug-likeness (QED) is 0.831. The van der Waals surface area contributed by atoms with Gasteiger partial charge >= 0.3 is 0 Å². The summed E-state index contributed by atoms with van der Waals surface area (Å²) >= 11 is 6.04. The minimum Gasteiger partial charge on any atom is -0.504 e. The van der Waals surface area contributed by atoms with Crippen molar-refractivity contribution in [1.82, 2.24) is 5.32 Å². The Labute approximate surface area is 95.0 Å². The van der Waals surface area contributed by atoms with E-state index in [4.69, 9.17) is 16.3 Å². The third-order valence-corrected chi connectivity index (χ3v) is 2.83. The lowest BCUT2D eigenvalue weighted by Crippen LogP contribution is -2.11. The summed E-state index contributed by atoms with van der Waals surface area (Å²) in [6.45, 7) is 2.68. The molecule has 2 N–H and O–H groups in total. The smallest absolute Gasteiger partial charge is 0.162 e. The number of hydrogen-bond acceptors (Lipinski definition) is 3. The molecule has 0 aliphatic carbocycles. The van der Waals surface area contributed by atoms with Gasteiger partial charge in [0, 0.05) is 16.7 Å². The molecule has 0 aromatic heterocycles. The van der Waals surface area contributed by atoms with Crippen LogP contribution in [0.4, 0.5) is 0 Å². The molecule has 0 bridgehead atoms. The maximum atomic E-state index is 9.91. The summed E-state index contributed by atoms with van der Waals surface area (Å²) in [4.78, 5) is 0. The number of halogens is 1. The molecule has 84 valence electrons. The zero-order valence-electron chi connectivity index (χ0n) is 9.22. The first-order valence-electron chi connectivity index (χ1n) is 4.81. The summed E-state index contributed by atoms with van der Waals surface area (Å²) < 4.78 is 5.05. The van der Waals surface area contributed by atoms with Crippen molar-refractivity contribution >= 4 is 11.6 Å². The highest BCUT2D eigenvalue weighted by molar-refractivity contribution is 6.31. The molecule has 0 saturated carbocycles. The normalized spacial score (nSPS) is 10.4. The fourth-order valence-electron chi connectivity index (χ4n) is 1.47. The van der Waals surface area contributed by atoms with Crippen LogP contribution in [-0.2, 0) is 6.42 Å². The van der Waals surface area contributed by atoms with Gasteiger partial charge < -0.3 is 15.2 Å². The number of hydrogen-bond donors (Lipinski definition) is 2. The standard InChI is InChI=1S/C11H16ClNO2/c1-7-8(4-5-13-2)11(14)10(15-3)6-9(7)12/h6,13-14H,4-5H2,1-3H3. The Hall–Kier alpha value is -0.930. The van der Waals surface area contributed by atoms with E-state index in [1.54, 1.807) is 6.07 Å². The molecule has 4 heteroatoms. The molecule has 0 heterocycles. The van der Waals surface area contributed by atoms with Gasteiger partial charge in [-0.3, -0.25) is 0 Å². The number of phenols is 1. The second kappa shape index (κ2) is 5.24. The maximum Gasteiger partial charge on any atom is 0.162 e. The number of benzene rings is 1. The van der Waals surface area contributed by atoms with Crippen molar-refractivity contribution < 1.29 is 9.84 Å². The van der Waals surface area contributed by atoms with E-state index in [0.29, 0.717) is 10.8 Å². The van der Waals surface area contributed by atoms with Crippen LogP contribution >= 0.6 is 11.6 Å². The Balaban J connectivity index is 3.15. The molecule has 1 aromatic carbocycles. The molecule has 0 spiro atoms. The van der Waals surface area contributed by atoms with Crippen molar-refractivity contribution in [1.29, 1.82) is 0 Å². The van der Waals surface area contributed by atoms with Gasteiger partial charge in [0.15, 0.2) is 11.5 Å². The Bertz CT molecular complexity index is 353. The summed E-state index contributed by atoms with van der Waals surface area (Å²) in [6.07, 6.45) is 0.727. The number of aromatic hydroxyl groups is 1. The van der Waals surface area contributed by atoms with E-state index in [2.05, 4.69) is 5.32 Å². The molecule has 1 aromatic rings. The molecular weight excluding hydrogens is 214 g/mol. The van der Waals surface area contributed by atoms with E-state index in [1.165, 1.54) is 7.11 Å². The predicted molar refractivity (Wildman–Crippen MR) is 62.0 cm³/mol. The summed E-state index contributed by atoms with van der Waals surface area (Å²) in [6, 6.07) is 1.63. The first-order valence-corrected chi connectivity index (χ1v) is 5.19. The molecule has 0 aliphatic rings. The van der Waals surface area contributed by atoms with Gasteiger partial charge in [-0.1, -0.05) is 11.6 Å². The van der Waals surface area contributed by atoms with Gasteiger partial charge in [-0.2, -0.15) is 0 Å². The Kier molecular flexibility index (Phi) is 4.24. The van der Waals surface area contributed by atoms with Crippen molar-refractivity contribution in [2.75, 3.05) is 20.7 Å². The SMILES string of the molecule is CNCCc1c(C)c(Cl)cc(OC)c1O. The van der Waals surface area contributed by atoms with Crippen LogP contribution in [0.3, 0.4) is 0 Å². The average Bonchev–Trinajstić information content (AvgIpc) is 2.23. The molecule has 0 amide bonds. The Morgan fingerprint density at radius 2 is 2.20 bits per heavy atom. The Morgan fingerprint density at radius 3 is 2.73 bits per heavy atom. The van der Waals surface area contributed by atoms with Crippen LogP contribution in [0.1, 0.15) is 11.1 Å². The fraction of sp³-hybridized carbons (Fsp3) is 0.455. The molecule has 0 saturated heterocycles. The third kappa shape index (κ3) is 2.55. The molecule has 0 atom stereocenters.